The van der Waals surface area contributed by atoms with E-state index in [-0.39, 0.29) is 6.01 Å². The van der Waals surface area contributed by atoms with Crippen LogP contribution in [0.15, 0.2) is 36.9 Å². The molecular weight excluding hydrogens is 369 g/mol. The van der Waals surface area contributed by atoms with Crippen molar-refractivity contribution in [2.24, 2.45) is 0 Å². The van der Waals surface area contributed by atoms with E-state index in [2.05, 4.69) is 54.8 Å². The second kappa shape index (κ2) is 7.04. The molecule has 20 heavy (non-hydrogen) atoms. The zero-order valence-electron chi connectivity index (χ0n) is 10.9. The Hall–Kier alpha value is -1.90. The van der Waals surface area contributed by atoms with Gasteiger partial charge in [0.05, 0.1) is 7.11 Å². The number of aromatic nitrogens is 3. The van der Waals surface area contributed by atoms with Crippen molar-refractivity contribution < 1.29 is 4.74 Å². The van der Waals surface area contributed by atoms with Crippen LogP contribution >= 0.6 is 22.6 Å². The number of halogens is 1. The number of benzene rings is 1. The highest BCUT2D eigenvalue weighted by Crippen LogP contribution is 2.17. The van der Waals surface area contributed by atoms with Crippen LogP contribution in [-0.4, -0.2) is 28.6 Å². The van der Waals surface area contributed by atoms with Crippen LogP contribution in [0.2, 0.25) is 0 Å². The maximum absolute atomic E-state index is 5.06. The highest BCUT2D eigenvalue weighted by molar-refractivity contribution is 14.1. The van der Waals surface area contributed by atoms with Gasteiger partial charge in [-0.2, -0.15) is 15.0 Å². The standard InChI is InChI=1S/C13H14IN5O/c1-3-8-15-11-17-12(19-13(18-11)20-2)16-10-6-4-9(14)5-7-10/h3-7H,1,8H2,2H3,(H2,15,16,17,18,19). The molecule has 6 nitrogen and oxygen atoms in total. The quantitative estimate of drug-likeness (QED) is 0.591. The van der Waals surface area contributed by atoms with Crippen LogP contribution in [0, 0.1) is 3.57 Å². The molecule has 0 radical (unpaired) electrons. The Morgan fingerprint density at radius 2 is 1.90 bits per heavy atom. The Kier molecular flexibility index (Phi) is 5.10. The lowest BCUT2D eigenvalue weighted by Gasteiger charge is -2.08. The van der Waals surface area contributed by atoms with Gasteiger partial charge in [0.1, 0.15) is 0 Å². The van der Waals surface area contributed by atoms with Crippen LogP contribution in [0.1, 0.15) is 0 Å². The summed E-state index contributed by atoms with van der Waals surface area (Å²) < 4.78 is 6.22. The molecule has 0 amide bonds. The Morgan fingerprint density at radius 1 is 1.20 bits per heavy atom. The van der Waals surface area contributed by atoms with E-state index in [0.717, 1.165) is 9.26 Å². The van der Waals surface area contributed by atoms with Crippen molar-refractivity contribution in [3.05, 3.63) is 40.5 Å². The van der Waals surface area contributed by atoms with Gasteiger partial charge in [-0.25, -0.2) is 0 Å². The number of methoxy groups -OCH3 is 1. The molecule has 0 unspecified atom stereocenters. The van der Waals surface area contributed by atoms with E-state index in [4.69, 9.17) is 4.74 Å². The molecule has 2 N–H and O–H groups in total. The summed E-state index contributed by atoms with van der Waals surface area (Å²) in [5.74, 6) is 0.856. The Labute approximate surface area is 130 Å². The van der Waals surface area contributed by atoms with Gasteiger partial charge in [-0.05, 0) is 46.9 Å². The Morgan fingerprint density at radius 3 is 2.55 bits per heavy atom. The molecule has 2 rings (SSSR count). The first-order valence-corrected chi connectivity index (χ1v) is 6.96. The van der Waals surface area contributed by atoms with Crippen molar-refractivity contribution in [1.29, 1.82) is 0 Å². The topological polar surface area (TPSA) is 72.0 Å². The van der Waals surface area contributed by atoms with Gasteiger partial charge in [-0.3, -0.25) is 0 Å². The average Bonchev–Trinajstić information content (AvgIpc) is 2.47. The molecule has 0 aliphatic carbocycles. The number of nitrogens with one attached hydrogen (secondary N) is 2. The van der Waals surface area contributed by atoms with Crippen LogP contribution in [0.25, 0.3) is 0 Å². The molecule has 2 aromatic rings. The van der Waals surface area contributed by atoms with Crippen LogP contribution in [0.5, 0.6) is 6.01 Å². The summed E-state index contributed by atoms with van der Waals surface area (Å²) in [6.07, 6.45) is 1.72. The Bertz CT molecular complexity index is 588. The fourth-order valence-corrected chi connectivity index (χ4v) is 1.77. The summed E-state index contributed by atoms with van der Waals surface area (Å²) in [5.41, 5.74) is 0.897. The number of nitrogens with zero attached hydrogens (tertiary/aromatic N) is 3. The minimum atomic E-state index is 0.250. The van der Waals surface area contributed by atoms with E-state index >= 15 is 0 Å². The lowest BCUT2D eigenvalue weighted by atomic mass is 10.3. The summed E-state index contributed by atoms with van der Waals surface area (Å²) in [6.45, 7) is 4.20. The zero-order chi connectivity index (χ0) is 14.4. The SMILES string of the molecule is C=CCNc1nc(Nc2ccc(I)cc2)nc(OC)n1. The molecule has 1 aromatic carbocycles. The molecule has 0 saturated carbocycles. The number of hydrogen-bond donors (Lipinski definition) is 2. The number of anilines is 3. The summed E-state index contributed by atoms with van der Waals surface area (Å²) in [5, 5.41) is 6.11. The smallest absolute Gasteiger partial charge is 0.322 e. The summed E-state index contributed by atoms with van der Waals surface area (Å²) in [7, 11) is 1.52. The largest absolute Gasteiger partial charge is 0.467 e. The van der Waals surface area contributed by atoms with E-state index in [0.29, 0.717) is 18.4 Å². The summed E-state index contributed by atoms with van der Waals surface area (Å²) in [6, 6.07) is 8.15. The van der Waals surface area contributed by atoms with Crippen molar-refractivity contribution in [3.63, 3.8) is 0 Å². The normalized spacial score (nSPS) is 9.90. The number of rotatable bonds is 6. The molecule has 0 aliphatic heterocycles. The van der Waals surface area contributed by atoms with E-state index in [1.54, 1.807) is 6.08 Å². The predicted octanol–water partition coefficient (Wildman–Crippen LogP) is 2.83. The van der Waals surface area contributed by atoms with E-state index in [1.165, 1.54) is 7.11 Å². The number of hydrogen-bond acceptors (Lipinski definition) is 6. The first-order chi connectivity index (χ1) is 9.71. The van der Waals surface area contributed by atoms with Gasteiger partial charge in [-0.1, -0.05) is 6.08 Å². The minimum Gasteiger partial charge on any atom is -0.467 e. The monoisotopic (exact) mass is 383 g/mol. The lowest BCUT2D eigenvalue weighted by Crippen LogP contribution is -2.08. The molecule has 0 aliphatic rings. The maximum Gasteiger partial charge on any atom is 0.322 e. The minimum absolute atomic E-state index is 0.250. The molecule has 1 aromatic heterocycles. The molecule has 104 valence electrons. The maximum atomic E-state index is 5.06. The van der Waals surface area contributed by atoms with Crippen molar-refractivity contribution in [3.8, 4) is 6.01 Å². The van der Waals surface area contributed by atoms with Gasteiger partial charge in [0, 0.05) is 15.8 Å². The average molecular weight is 383 g/mol. The summed E-state index contributed by atoms with van der Waals surface area (Å²) >= 11 is 2.25. The molecule has 0 atom stereocenters. The van der Waals surface area contributed by atoms with Gasteiger partial charge in [-0.15, -0.1) is 6.58 Å². The lowest BCUT2D eigenvalue weighted by molar-refractivity contribution is 0.379. The third-order valence-corrected chi connectivity index (χ3v) is 3.02. The van der Waals surface area contributed by atoms with Gasteiger partial charge in [0.25, 0.3) is 0 Å². The highest BCUT2D eigenvalue weighted by atomic mass is 127. The molecular formula is C13H14IN5O. The fraction of sp³-hybridized carbons (Fsp3) is 0.154. The van der Waals surface area contributed by atoms with Gasteiger partial charge >= 0.3 is 6.01 Å². The van der Waals surface area contributed by atoms with Gasteiger partial charge in [0.2, 0.25) is 11.9 Å². The van der Waals surface area contributed by atoms with Crippen LogP contribution in [0.3, 0.4) is 0 Å². The van der Waals surface area contributed by atoms with Gasteiger partial charge < -0.3 is 15.4 Å². The second-order valence-corrected chi connectivity index (χ2v) is 5.02. The fourth-order valence-electron chi connectivity index (χ4n) is 1.41. The molecule has 0 saturated heterocycles. The van der Waals surface area contributed by atoms with Crippen LogP contribution in [0.4, 0.5) is 17.6 Å². The zero-order valence-corrected chi connectivity index (χ0v) is 13.1. The van der Waals surface area contributed by atoms with Crippen molar-refractivity contribution in [2.75, 3.05) is 24.3 Å². The molecule has 0 fully saturated rings. The first kappa shape index (κ1) is 14.5. The molecule has 1 heterocycles. The van der Waals surface area contributed by atoms with E-state index in [1.807, 2.05) is 24.3 Å². The van der Waals surface area contributed by atoms with Crippen molar-refractivity contribution >= 4 is 40.2 Å². The predicted molar refractivity (Wildman–Crippen MR) is 87.5 cm³/mol. The first-order valence-electron chi connectivity index (χ1n) is 5.88. The number of ether oxygens (including phenoxy) is 1. The third-order valence-electron chi connectivity index (χ3n) is 2.30. The highest BCUT2D eigenvalue weighted by Gasteiger charge is 2.06. The molecule has 0 spiro atoms. The third kappa shape index (κ3) is 4.05. The van der Waals surface area contributed by atoms with Crippen molar-refractivity contribution in [2.45, 2.75) is 0 Å². The van der Waals surface area contributed by atoms with Crippen LogP contribution < -0.4 is 15.4 Å². The van der Waals surface area contributed by atoms with E-state index in [9.17, 15) is 0 Å². The van der Waals surface area contributed by atoms with Gasteiger partial charge in [0.15, 0.2) is 0 Å². The second-order valence-electron chi connectivity index (χ2n) is 3.77. The summed E-state index contributed by atoms with van der Waals surface area (Å²) in [4.78, 5) is 12.5. The van der Waals surface area contributed by atoms with Crippen molar-refractivity contribution in [1.82, 2.24) is 15.0 Å². The van der Waals surface area contributed by atoms with E-state index < -0.39 is 0 Å². The molecule has 7 heteroatoms. The van der Waals surface area contributed by atoms with Crippen LogP contribution in [-0.2, 0) is 0 Å². The molecule has 0 bridgehead atoms. The Balaban J connectivity index is 2.21.